The molecule has 10 heteroatoms. The zero-order chi connectivity index (χ0) is 27.1. The number of benzene rings is 3. The normalized spacial score (nSPS) is 14.1. The van der Waals surface area contributed by atoms with Crippen LogP contribution in [0.1, 0.15) is 37.6 Å². The van der Waals surface area contributed by atoms with Crippen LogP contribution in [-0.4, -0.2) is 30.8 Å². The van der Waals surface area contributed by atoms with E-state index in [1.54, 1.807) is 41.9 Å². The van der Waals surface area contributed by atoms with Crippen molar-refractivity contribution < 1.29 is 36.9 Å². The summed E-state index contributed by atoms with van der Waals surface area (Å²) >= 11 is 1.42. The summed E-state index contributed by atoms with van der Waals surface area (Å²) in [4.78, 5) is 19.0. The molecular weight excluding hydrogens is 531 g/mol. The Hall–Kier alpha value is -4.31. The molecule has 198 valence electrons. The number of hydrogen-bond acceptors (Lipinski definition) is 7. The van der Waals surface area contributed by atoms with Crippen LogP contribution in [0.15, 0.2) is 66.2 Å². The standard InChI is InChI=1S/C29H20F3NO5S/c1-16-27(33-14-39-16)26-24(17-5-7-18(8-6-17)29(30,31)32)28(34)20-3-2-4-22(25(20)26)36-12-11-35-19-9-10-21-23(13-19)38-15-37-21/h2-10,13-14H,11-12,15H2,1H3. The molecule has 0 saturated heterocycles. The van der Waals surface area contributed by atoms with Crippen molar-refractivity contribution in [3.05, 3.63) is 99.0 Å². The van der Waals surface area contributed by atoms with Gasteiger partial charge in [-0.1, -0.05) is 24.3 Å². The molecule has 0 N–H and O–H groups in total. The van der Waals surface area contributed by atoms with Crippen LogP contribution in [0.2, 0.25) is 0 Å². The molecule has 4 aromatic rings. The Morgan fingerprint density at radius 3 is 2.46 bits per heavy atom. The third-order valence-electron chi connectivity index (χ3n) is 6.43. The van der Waals surface area contributed by atoms with Crippen molar-refractivity contribution in [1.82, 2.24) is 4.98 Å². The van der Waals surface area contributed by atoms with Gasteiger partial charge in [0.15, 0.2) is 17.3 Å². The van der Waals surface area contributed by atoms with Gasteiger partial charge in [-0.25, -0.2) is 4.98 Å². The van der Waals surface area contributed by atoms with Crippen molar-refractivity contribution in [2.75, 3.05) is 20.0 Å². The molecule has 1 aromatic heterocycles. The van der Waals surface area contributed by atoms with Crippen LogP contribution in [0, 0.1) is 6.92 Å². The molecule has 0 radical (unpaired) electrons. The number of ether oxygens (including phenoxy) is 4. The van der Waals surface area contributed by atoms with Gasteiger partial charge < -0.3 is 18.9 Å². The van der Waals surface area contributed by atoms with Crippen molar-refractivity contribution >= 4 is 28.3 Å². The first-order valence-corrected chi connectivity index (χ1v) is 12.8. The highest BCUT2D eigenvalue weighted by molar-refractivity contribution is 7.09. The van der Waals surface area contributed by atoms with Gasteiger partial charge in [0.1, 0.15) is 24.7 Å². The number of ketones is 1. The van der Waals surface area contributed by atoms with Gasteiger partial charge in [-0.05, 0) is 42.8 Å². The Morgan fingerprint density at radius 2 is 1.72 bits per heavy atom. The fourth-order valence-electron chi connectivity index (χ4n) is 4.63. The van der Waals surface area contributed by atoms with E-state index in [1.165, 1.54) is 23.5 Å². The lowest BCUT2D eigenvalue weighted by molar-refractivity contribution is -0.137. The number of halogens is 3. The van der Waals surface area contributed by atoms with E-state index >= 15 is 0 Å². The van der Waals surface area contributed by atoms with Crippen LogP contribution in [0.4, 0.5) is 13.2 Å². The van der Waals surface area contributed by atoms with Gasteiger partial charge in [-0.2, -0.15) is 13.2 Å². The van der Waals surface area contributed by atoms with Crippen molar-refractivity contribution in [2.24, 2.45) is 0 Å². The van der Waals surface area contributed by atoms with Crippen molar-refractivity contribution in [3.63, 3.8) is 0 Å². The van der Waals surface area contributed by atoms with Gasteiger partial charge >= 0.3 is 6.18 Å². The van der Waals surface area contributed by atoms with Gasteiger partial charge in [-0.3, -0.25) is 4.79 Å². The number of aromatic nitrogens is 1. The number of aryl methyl sites for hydroxylation is 1. The molecule has 2 heterocycles. The molecule has 6 nitrogen and oxygen atoms in total. The molecule has 0 unspecified atom stereocenters. The largest absolute Gasteiger partial charge is 0.490 e. The van der Waals surface area contributed by atoms with E-state index < -0.39 is 11.7 Å². The van der Waals surface area contributed by atoms with E-state index in [4.69, 9.17) is 18.9 Å². The summed E-state index contributed by atoms with van der Waals surface area (Å²) in [5.74, 6) is 2.02. The predicted molar refractivity (Wildman–Crippen MR) is 139 cm³/mol. The first-order valence-electron chi connectivity index (χ1n) is 12.0. The smallest absolute Gasteiger partial charge is 0.416 e. The quantitative estimate of drug-likeness (QED) is 0.235. The first-order chi connectivity index (χ1) is 18.8. The zero-order valence-electron chi connectivity index (χ0n) is 20.5. The second-order valence-corrected chi connectivity index (χ2v) is 9.86. The Kier molecular flexibility index (Phi) is 6.26. The third kappa shape index (κ3) is 4.61. The zero-order valence-corrected chi connectivity index (χ0v) is 21.3. The fourth-order valence-corrected chi connectivity index (χ4v) is 5.22. The topological polar surface area (TPSA) is 66.9 Å². The molecule has 0 saturated carbocycles. The molecule has 2 aliphatic rings. The second kappa shape index (κ2) is 9.77. The summed E-state index contributed by atoms with van der Waals surface area (Å²) < 4.78 is 62.1. The van der Waals surface area contributed by atoms with Crippen LogP contribution in [0.25, 0.3) is 11.1 Å². The minimum atomic E-state index is -4.48. The number of hydrogen-bond donors (Lipinski definition) is 0. The van der Waals surface area contributed by atoms with Crippen LogP contribution in [0.3, 0.4) is 0 Å². The molecule has 0 amide bonds. The number of carbonyl (C=O) groups excluding carboxylic acids is 1. The Morgan fingerprint density at radius 1 is 0.949 bits per heavy atom. The van der Waals surface area contributed by atoms with Crippen molar-refractivity contribution in [3.8, 4) is 23.0 Å². The van der Waals surface area contributed by atoms with E-state index in [0.717, 1.165) is 17.0 Å². The number of allylic oxidation sites excluding steroid dienone is 1. The SMILES string of the molecule is Cc1scnc1C1=C(c2ccc(C(F)(F)F)cc2)C(=O)c2cccc(OCCOc3ccc4c(c3)OCO4)c21. The molecule has 0 spiro atoms. The lowest BCUT2D eigenvalue weighted by Crippen LogP contribution is -2.10. The van der Waals surface area contributed by atoms with Crippen LogP contribution < -0.4 is 18.9 Å². The number of thiazole rings is 1. The molecule has 39 heavy (non-hydrogen) atoms. The van der Waals surface area contributed by atoms with E-state index in [1.807, 2.05) is 6.92 Å². The monoisotopic (exact) mass is 551 g/mol. The maximum atomic E-state index is 13.6. The highest BCUT2D eigenvalue weighted by Crippen LogP contribution is 2.47. The van der Waals surface area contributed by atoms with Gasteiger partial charge in [0.2, 0.25) is 6.79 Å². The summed E-state index contributed by atoms with van der Waals surface area (Å²) in [6.07, 6.45) is -4.48. The average molecular weight is 552 g/mol. The van der Waals surface area contributed by atoms with Gasteiger partial charge in [-0.15, -0.1) is 11.3 Å². The van der Waals surface area contributed by atoms with Crippen LogP contribution in [0.5, 0.6) is 23.0 Å². The molecule has 0 fully saturated rings. The summed E-state index contributed by atoms with van der Waals surface area (Å²) in [6.45, 7) is 2.45. The number of Topliss-reactive ketones (excluding diaryl/α,β-unsaturated/α-hetero) is 1. The lowest BCUT2D eigenvalue weighted by Gasteiger charge is -2.14. The molecule has 1 aliphatic carbocycles. The summed E-state index contributed by atoms with van der Waals surface area (Å²) in [6, 6.07) is 15.0. The molecule has 0 bridgehead atoms. The van der Waals surface area contributed by atoms with E-state index in [9.17, 15) is 18.0 Å². The van der Waals surface area contributed by atoms with Crippen molar-refractivity contribution in [2.45, 2.75) is 13.1 Å². The van der Waals surface area contributed by atoms with Crippen molar-refractivity contribution in [1.29, 1.82) is 0 Å². The summed E-state index contributed by atoms with van der Waals surface area (Å²) in [7, 11) is 0. The van der Waals surface area contributed by atoms with Gasteiger partial charge in [0, 0.05) is 33.2 Å². The van der Waals surface area contributed by atoms with E-state index in [-0.39, 0.29) is 25.8 Å². The van der Waals surface area contributed by atoms with E-state index in [0.29, 0.717) is 56.5 Å². The highest BCUT2D eigenvalue weighted by Gasteiger charge is 2.36. The molecule has 6 rings (SSSR count). The minimum absolute atomic E-state index is 0.169. The molecule has 1 aliphatic heterocycles. The number of alkyl halides is 3. The van der Waals surface area contributed by atoms with E-state index in [2.05, 4.69) is 4.98 Å². The molecular formula is C29H20F3NO5S. The Balaban J connectivity index is 1.31. The lowest BCUT2D eigenvalue weighted by atomic mass is 9.96. The van der Waals surface area contributed by atoms with Gasteiger partial charge in [0.25, 0.3) is 0 Å². The molecule has 3 aromatic carbocycles. The Bertz CT molecular complexity index is 1610. The predicted octanol–water partition coefficient (Wildman–Crippen LogP) is 6.81. The number of nitrogens with zero attached hydrogens (tertiary/aromatic N) is 1. The minimum Gasteiger partial charge on any atom is -0.490 e. The van der Waals surface area contributed by atoms with Crippen LogP contribution >= 0.6 is 11.3 Å². The van der Waals surface area contributed by atoms with Gasteiger partial charge in [0.05, 0.1) is 16.8 Å². The number of fused-ring (bicyclic) bond motifs is 2. The number of rotatable bonds is 7. The van der Waals surface area contributed by atoms with Crippen LogP contribution in [-0.2, 0) is 6.18 Å². The maximum absolute atomic E-state index is 13.6. The maximum Gasteiger partial charge on any atom is 0.416 e. The molecule has 0 atom stereocenters. The Labute approximate surface area is 225 Å². The first kappa shape index (κ1) is 25.0. The summed E-state index contributed by atoms with van der Waals surface area (Å²) in [5.41, 5.74) is 3.66. The highest BCUT2D eigenvalue weighted by atomic mass is 32.1. The second-order valence-electron chi connectivity index (χ2n) is 8.80. The third-order valence-corrected chi connectivity index (χ3v) is 7.19. The summed E-state index contributed by atoms with van der Waals surface area (Å²) in [5, 5.41) is 0. The number of carbonyl (C=O) groups is 1. The average Bonchev–Trinajstić information content (AvgIpc) is 3.63. The fraction of sp³-hybridized carbons (Fsp3) is 0.172.